The van der Waals surface area contributed by atoms with E-state index in [2.05, 4.69) is 51.9 Å². The van der Waals surface area contributed by atoms with Gasteiger partial charge in [0, 0.05) is 10.9 Å². The first-order valence-electron chi connectivity index (χ1n) is 7.75. The maximum absolute atomic E-state index is 4.78. The highest BCUT2D eigenvalue weighted by Crippen LogP contribution is 2.25. The van der Waals surface area contributed by atoms with Crippen molar-refractivity contribution >= 4 is 40.2 Å². The number of hydrogen-bond acceptors (Lipinski definition) is 5. The number of nitrogens with zero attached hydrogens (tertiary/aromatic N) is 3. The van der Waals surface area contributed by atoms with Gasteiger partial charge in [-0.25, -0.2) is 4.68 Å². The number of aromatic nitrogens is 1. The third kappa shape index (κ3) is 3.87. The maximum atomic E-state index is 4.78. The second kappa shape index (κ2) is 7.74. The van der Waals surface area contributed by atoms with Crippen LogP contribution in [0.3, 0.4) is 0 Å². The summed E-state index contributed by atoms with van der Waals surface area (Å²) >= 11 is 5.01. The fraction of sp³-hybridized carbons (Fsp3) is 0.0526. The summed E-state index contributed by atoms with van der Waals surface area (Å²) < 4.78 is 1.94. The van der Waals surface area contributed by atoms with Crippen LogP contribution in [0.4, 0.5) is 0 Å². The molecule has 0 aliphatic rings. The van der Waals surface area contributed by atoms with Crippen LogP contribution in [-0.2, 0) is 6.54 Å². The Morgan fingerprint density at radius 3 is 2.60 bits per heavy atom. The van der Waals surface area contributed by atoms with Crippen molar-refractivity contribution in [2.45, 2.75) is 6.54 Å². The molecule has 0 amide bonds. The van der Waals surface area contributed by atoms with E-state index in [0.29, 0.717) is 6.54 Å². The topological polar surface area (TPSA) is 29.6 Å². The van der Waals surface area contributed by atoms with Gasteiger partial charge >= 0.3 is 0 Å². The largest absolute Gasteiger partial charge is 0.253 e. The first-order valence-corrected chi connectivity index (χ1v) is 10.5. The van der Waals surface area contributed by atoms with Crippen molar-refractivity contribution in [1.82, 2.24) is 4.68 Å². The molecule has 0 saturated heterocycles. The van der Waals surface area contributed by atoms with Gasteiger partial charge in [-0.2, -0.15) is 16.4 Å². The van der Waals surface area contributed by atoms with E-state index in [-0.39, 0.29) is 0 Å². The molecule has 0 radical (unpaired) electrons. The van der Waals surface area contributed by atoms with Crippen LogP contribution in [0.15, 0.2) is 80.1 Å². The lowest BCUT2D eigenvalue weighted by molar-refractivity contribution is 0.826. The van der Waals surface area contributed by atoms with E-state index in [1.54, 1.807) is 34.0 Å². The van der Waals surface area contributed by atoms with Crippen LogP contribution in [0.1, 0.15) is 11.1 Å². The van der Waals surface area contributed by atoms with Gasteiger partial charge in [0.1, 0.15) is 0 Å². The van der Waals surface area contributed by atoms with E-state index in [1.807, 2.05) is 29.1 Å². The zero-order valence-corrected chi connectivity index (χ0v) is 15.7. The van der Waals surface area contributed by atoms with Crippen LogP contribution in [-0.4, -0.2) is 10.9 Å². The van der Waals surface area contributed by atoms with Gasteiger partial charge in [-0.1, -0.05) is 36.4 Å². The molecular weight excluding hydrogens is 366 g/mol. The average Bonchev–Trinajstić information content (AvgIpc) is 3.40. The Labute approximate surface area is 157 Å². The number of thiophene rings is 2. The molecule has 4 rings (SSSR count). The molecule has 0 atom stereocenters. The Morgan fingerprint density at radius 2 is 1.84 bits per heavy atom. The lowest BCUT2D eigenvalue weighted by Crippen LogP contribution is -2.12. The van der Waals surface area contributed by atoms with Crippen LogP contribution in [0.25, 0.3) is 10.6 Å². The van der Waals surface area contributed by atoms with E-state index < -0.39 is 0 Å². The zero-order valence-electron chi connectivity index (χ0n) is 13.3. The monoisotopic (exact) mass is 381 g/mol. The molecule has 0 bridgehead atoms. The molecule has 0 fully saturated rings. The van der Waals surface area contributed by atoms with E-state index in [0.717, 1.165) is 16.1 Å². The number of hydrogen-bond donors (Lipinski definition) is 0. The fourth-order valence-electron chi connectivity index (χ4n) is 2.33. The van der Waals surface area contributed by atoms with Gasteiger partial charge in [-0.15, -0.1) is 22.7 Å². The molecule has 3 aromatic heterocycles. The third-order valence-corrected chi connectivity index (χ3v) is 6.01. The summed E-state index contributed by atoms with van der Waals surface area (Å²) in [5.41, 5.74) is 3.38. The molecule has 0 aliphatic heterocycles. The van der Waals surface area contributed by atoms with Crippen molar-refractivity contribution < 1.29 is 0 Å². The van der Waals surface area contributed by atoms with Crippen LogP contribution in [0.5, 0.6) is 0 Å². The Morgan fingerprint density at radius 1 is 0.920 bits per heavy atom. The SMILES string of the molecule is C(=Nn1c(-c2cccs2)csc1=NCc1ccccc1)c1ccsc1. The third-order valence-electron chi connectivity index (χ3n) is 3.56. The summed E-state index contributed by atoms with van der Waals surface area (Å²) in [7, 11) is 0. The quantitative estimate of drug-likeness (QED) is 0.419. The van der Waals surface area contributed by atoms with E-state index in [1.165, 1.54) is 10.4 Å². The predicted molar refractivity (Wildman–Crippen MR) is 109 cm³/mol. The summed E-state index contributed by atoms with van der Waals surface area (Å²) in [5.74, 6) is 0. The Bertz CT molecular complexity index is 1010. The minimum absolute atomic E-state index is 0.652. The smallest absolute Gasteiger partial charge is 0.206 e. The standard InChI is InChI=1S/C19H15N3S3/c1-2-5-15(6-3-1)11-20-19-22(21-12-16-8-10-23-13-16)17(14-25-19)18-7-4-9-24-18/h1-10,12-14H,11H2. The highest BCUT2D eigenvalue weighted by molar-refractivity contribution is 7.14. The minimum atomic E-state index is 0.652. The second-order valence-corrected chi connectivity index (χ2v) is 7.86. The van der Waals surface area contributed by atoms with Gasteiger partial charge in [-0.3, -0.25) is 4.99 Å². The van der Waals surface area contributed by atoms with Crippen molar-refractivity contribution in [3.05, 3.63) is 86.0 Å². The molecule has 124 valence electrons. The summed E-state index contributed by atoms with van der Waals surface area (Å²) in [4.78, 5) is 6.88. The molecule has 3 heterocycles. The molecule has 6 heteroatoms. The fourth-order valence-corrected chi connectivity index (χ4v) is 4.57. The summed E-state index contributed by atoms with van der Waals surface area (Å²) in [6, 6.07) is 16.5. The van der Waals surface area contributed by atoms with Gasteiger partial charge in [-0.05, 0) is 33.8 Å². The molecule has 4 aromatic rings. The van der Waals surface area contributed by atoms with E-state index in [4.69, 9.17) is 10.1 Å². The van der Waals surface area contributed by atoms with Crippen molar-refractivity contribution in [3.63, 3.8) is 0 Å². The molecule has 0 N–H and O–H groups in total. The molecule has 0 aliphatic carbocycles. The first-order chi connectivity index (χ1) is 12.4. The lowest BCUT2D eigenvalue weighted by Gasteiger charge is -2.01. The average molecular weight is 382 g/mol. The highest BCUT2D eigenvalue weighted by atomic mass is 32.1. The van der Waals surface area contributed by atoms with Crippen LogP contribution in [0.2, 0.25) is 0 Å². The first kappa shape index (κ1) is 16.2. The van der Waals surface area contributed by atoms with E-state index >= 15 is 0 Å². The summed E-state index contributed by atoms with van der Waals surface area (Å²) in [6.07, 6.45) is 1.89. The zero-order chi connectivity index (χ0) is 16.9. The number of thiazole rings is 1. The molecule has 0 saturated carbocycles. The maximum Gasteiger partial charge on any atom is 0.206 e. The highest BCUT2D eigenvalue weighted by Gasteiger charge is 2.08. The van der Waals surface area contributed by atoms with Crippen LogP contribution in [0, 0.1) is 0 Å². The minimum Gasteiger partial charge on any atom is -0.253 e. The van der Waals surface area contributed by atoms with Crippen molar-refractivity contribution in [1.29, 1.82) is 0 Å². The van der Waals surface area contributed by atoms with Crippen LogP contribution >= 0.6 is 34.0 Å². The van der Waals surface area contributed by atoms with E-state index in [9.17, 15) is 0 Å². The molecule has 25 heavy (non-hydrogen) atoms. The summed E-state index contributed by atoms with van der Waals surface area (Å²) in [6.45, 7) is 0.652. The lowest BCUT2D eigenvalue weighted by atomic mass is 10.2. The van der Waals surface area contributed by atoms with Gasteiger partial charge in [0.15, 0.2) is 0 Å². The summed E-state index contributed by atoms with van der Waals surface area (Å²) in [5, 5.41) is 13.0. The van der Waals surface area contributed by atoms with Gasteiger partial charge < -0.3 is 0 Å². The normalized spacial score (nSPS) is 12.2. The Balaban J connectivity index is 1.73. The molecule has 1 aromatic carbocycles. The predicted octanol–water partition coefficient (Wildman–Crippen LogP) is 5.32. The second-order valence-electron chi connectivity index (χ2n) is 5.30. The molecular formula is C19H15N3S3. The van der Waals surface area contributed by atoms with Gasteiger partial charge in [0.2, 0.25) is 4.80 Å². The number of benzene rings is 1. The van der Waals surface area contributed by atoms with Crippen molar-refractivity contribution in [3.8, 4) is 10.6 Å². The molecule has 0 spiro atoms. The van der Waals surface area contributed by atoms with Gasteiger partial charge in [0.05, 0.1) is 23.3 Å². The Hall–Kier alpha value is -2.28. The van der Waals surface area contributed by atoms with Gasteiger partial charge in [0.25, 0.3) is 0 Å². The van der Waals surface area contributed by atoms with Crippen LogP contribution < -0.4 is 4.80 Å². The van der Waals surface area contributed by atoms with Crippen molar-refractivity contribution in [2.24, 2.45) is 10.1 Å². The van der Waals surface area contributed by atoms with Crippen molar-refractivity contribution in [2.75, 3.05) is 0 Å². The molecule has 0 unspecified atom stereocenters. The molecule has 3 nitrogen and oxygen atoms in total. The Kier molecular flexibility index (Phi) is 5.01. The number of rotatable bonds is 5.